The van der Waals surface area contributed by atoms with E-state index in [0.717, 1.165) is 20.8 Å². The van der Waals surface area contributed by atoms with Crippen molar-refractivity contribution in [3.63, 3.8) is 0 Å². The quantitative estimate of drug-likeness (QED) is 0.523. The van der Waals surface area contributed by atoms with Gasteiger partial charge >= 0.3 is 11.9 Å². The molecule has 0 spiro atoms. The zero-order chi connectivity index (χ0) is 19.5. The molecule has 0 aliphatic rings. The molecular weight excluding hydrogens is 376 g/mol. The monoisotopic (exact) mass is 396 g/mol. The molecule has 26 heavy (non-hydrogen) atoms. The third-order valence-corrected chi connectivity index (χ3v) is 5.17. The van der Waals surface area contributed by atoms with Crippen LogP contribution in [-0.2, 0) is 19.6 Å². The summed E-state index contributed by atoms with van der Waals surface area (Å²) in [5, 5.41) is 3.12. The number of aromatic nitrogens is 2. The van der Waals surface area contributed by atoms with Gasteiger partial charge in [0.1, 0.15) is 11.4 Å². The molecule has 0 aliphatic carbocycles. The van der Waals surface area contributed by atoms with Crippen molar-refractivity contribution in [2.45, 2.75) is 39.2 Å². The maximum absolute atomic E-state index is 12.8. The van der Waals surface area contributed by atoms with Crippen LogP contribution in [0.2, 0.25) is 0 Å². The largest absolute Gasteiger partial charge is 0.406 e. The topological polar surface area (TPSA) is 82.1 Å². The van der Waals surface area contributed by atoms with Crippen LogP contribution in [0.15, 0.2) is 9.59 Å². The van der Waals surface area contributed by atoms with E-state index in [-0.39, 0.29) is 27.7 Å². The number of hydrogen-bond acceptors (Lipinski definition) is 5. The highest BCUT2D eigenvalue weighted by atomic mass is 32.1. The van der Waals surface area contributed by atoms with Crippen molar-refractivity contribution in [1.29, 1.82) is 0 Å². The van der Waals surface area contributed by atoms with Crippen LogP contribution >= 0.6 is 11.3 Å². The number of aryl methyl sites for hydroxylation is 2. The maximum Gasteiger partial charge on any atom is 0.406 e. The van der Waals surface area contributed by atoms with E-state index in [1.165, 1.54) is 0 Å². The number of thiophene rings is 1. The lowest BCUT2D eigenvalue weighted by Gasteiger charge is -2.13. The van der Waals surface area contributed by atoms with E-state index < -0.39 is 30.6 Å². The maximum atomic E-state index is 12.8. The summed E-state index contributed by atoms with van der Waals surface area (Å²) in [4.78, 5) is 26.0. The highest BCUT2D eigenvalue weighted by Crippen LogP contribution is 2.28. The molecule has 0 aliphatic heterocycles. The number of fused-ring (bicyclic) bond motifs is 1. The number of rotatable bonds is 8. The Morgan fingerprint density at radius 1 is 1.23 bits per heavy atom. The second-order valence-corrected chi connectivity index (χ2v) is 6.86. The molecule has 6 nitrogen and oxygen atoms in total. The lowest BCUT2D eigenvalue weighted by Crippen LogP contribution is -2.43. The average Bonchev–Trinajstić information content (AvgIpc) is 2.88. The Kier molecular flexibility index (Phi) is 6.58. The van der Waals surface area contributed by atoms with Crippen LogP contribution in [0.1, 0.15) is 16.9 Å². The third kappa shape index (κ3) is 4.33. The average molecular weight is 396 g/mol. The first-order valence-corrected chi connectivity index (χ1v) is 8.82. The number of nitrogens with zero attached hydrogens (tertiary/aromatic N) is 2. The smallest absolute Gasteiger partial charge is 0.329 e. The van der Waals surface area contributed by atoms with E-state index in [1.54, 1.807) is 6.92 Å². The minimum atomic E-state index is -4.72. The molecule has 0 radical (unpaired) electrons. The van der Waals surface area contributed by atoms with Crippen molar-refractivity contribution in [3.05, 3.63) is 31.3 Å². The molecule has 2 aromatic rings. The van der Waals surface area contributed by atoms with E-state index in [1.807, 2.05) is 0 Å². The predicted octanol–water partition coefficient (Wildman–Crippen LogP) is 1.50. The van der Waals surface area contributed by atoms with Gasteiger partial charge in [0.15, 0.2) is 0 Å². The van der Waals surface area contributed by atoms with E-state index in [4.69, 9.17) is 5.73 Å². The molecule has 0 aromatic carbocycles. The van der Waals surface area contributed by atoms with Crippen molar-refractivity contribution in [3.8, 4) is 0 Å². The van der Waals surface area contributed by atoms with Gasteiger partial charge < -0.3 is 11.1 Å². The van der Waals surface area contributed by atoms with Crippen molar-refractivity contribution in [2.24, 2.45) is 5.73 Å². The summed E-state index contributed by atoms with van der Waals surface area (Å²) in [6.45, 7) is 0.442. The Bertz CT molecular complexity index is 885. The molecule has 0 saturated carbocycles. The van der Waals surface area contributed by atoms with Gasteiger partial charge in [-0.05, 0) is 18.9 Å². The van der Waals surface area contributed by atoms with Crippen LogP contribution in [-0.4, -0.2) is 35.1 Å². The lowest BCUT2D eigenvalue weighted by atomic mass is 10.2. The Hall–Kier alpha value is -1.72. The molecule has 146 valence electrons. The van der Waals surface area contributed by atoms with Gasteiger partial charge in [-0.25, -0.2) is 4.79 Å². The van der Waals surface area contributed by atoms with Crippen LogP contribution in [0.25, 0.3) is 10.2 Å². The SMILES string of the molecule is Cc1c(CNCCN)sc2c1c(=O)n(CC(F)(F)F)c(=O)n2CCCF. The van der Waals surface area contributed by atoms with Crippen LogP contribution in [0, 0.1) is 6.92 Å². The summed E-state index contributed by atoms with van der Waals surface area (Å²) >= 11 is 1.15. The number of alkyl halides is 4. The Balaban J connectivity index is 2.69. The van der Waals surface area contributed by atoms with Gasteiger partial charge in [0.2, 0.25) is 0 Å². The molecule has 3 N–H and O–H groups in total. The predicted molar refractivity (Wildman–Crippen MR) is 92.5 cm³/mol. The molecule has 2 heterocycles. The number of halogens is 4. The third-order valence-electron chi connectivity index (χ3n) is 3.85. The molecule has 0 unspecified atom stereocenters. The Labute approximate surface area is 150 Å². The zero-order valence-electron chi connectivity index (χ0n) is 14.2. The van der Waals surface area contributed by atoms with Gasteiger partial charge in [-0.1, -0.05) is 0 Å². The van der Waals surface area contributed by atoms with Crippen molar-refractivity contribution in [2.75, 3.05) is 19.8 Å². The van der Waals surface area contributed by atoms with E-state index in [9.17, 15) is 27.2 Å². The summed E-state index contributed by atoms with van der Waals surface area (Å²) in [5.74, 6) is 0. The Morgan fingerprint density at radius 3 is 2.50 bits per heavy atom. The molecule has 0 atom stereocenters. The number of nitrogens with one attached hydrogen (secondary N) is 1. The summed E-state index contributed by atoms with van der Waals surface area (Å²) in [7, 11) is 0. The van der Waals surface area contributed by atoms with Crippen molar-refractivity contribution >= 4 is 21.6 Å². The van der Waals surface area contributed by atoms with Crippen molar-refractivity contribution < 1.29 is 17.6 Å². The molecule has 11 heteroatoms. The standard InChI is InChI=1S/C15H20F4N4O2S/c1-9-10(7-21-5-4-20)26-13-11(9)12(24)23(8-15(17,18)19)14(25)22(13)6-2-3-16/h21H,2-8,20H2,1H3. The highest BCUT2D eigenvalue weighted by Gasteiger charge is 2.31. The minimum absolute atomic E-state index is 0.0308. The molecule has 0 saturated heterocycles. The molecule has 0 fully saturated rings. The van der Waals surface area contributed by atoms with Gasteiger partial charge in [0, 0.05) is 31.1 Å². The first kappa shape index (κ1) is 20.6. The summed E-state index contributed by atoms with van der Waals surface area (Å²) in [5.41, 5.74) is 3.88. The fourth-order valence-corrected chi connectivity index (χ4v) is 3.93. The first-order valence-electron chi connectivity index (χ1n) is 8.00. The van der Waals surface area contributed by atoms with E-state index in [2.05, 4.69) is 5.32 Å². The summed E-state index contributed by atoms with van der Waals surface area (Å²) in [6.07, 6.45) is -4.75. The minimum Gasteiger partial charge on any atom is -0.329 e. The van der Waals surface area contributed by atoms with Gasteiger partial charge in [-0.15, -0.1) is 11.3 Å². The second-order valence-electron chi connectivity index (χ2n) is 5.78. The van der Waals surface area contributed by atoms with Gasteiger partial charge in [-0.3, -0.25) is 18.3 Å². The molecule has 0 bridgehead atoms. The first-order chi connectivity index (χ1) is 12.2. The molecular formula is C15H20F4N4O2S. The van der Waals surface area contributed by atoms with Gasteiger partial charge in [0.05, 0.1) is 12.1 Å². The molecule has 2 aromatic heterocycles. The fourth-order valence-electron chi connectivity index (χ4n) is 2.65. The molecule has 0 amide bonds. The second kappa shape index (κ2) is 8.31. The number of hydrogen-bond donors (Lipinski definition) is 2. The summed E-state index contributed by atoms with van der Waals surface area (Å²) < 4.78 is 52.2. The van der Waals surface area contributed by atoms with E-state index >= 15 is 0 Å². The molecule has 2 rings (SSSR count). The van der Waals surface area contributed by atoms with E-state index in [0.29, 0.717) is 25.2 Å². The number of nitrogens with two attached hydrogens (primary N) is 1. The zero-order valence-corrected chi connectivity index (χ0v) is 15.0. The van der Waals surface area contributed by atoms with Gasteiger partial charge in [-0.2, -0.15) is 13.2 Å². The van der Waals surface area contributed by atoms with Gasteiger partial charge in [0.25, 0.3) is 5.56 Å². The lowest BCUT2D eigenvalue weighted by molar-refractivity contribution is -0.141. The fraction of sp³-hybridized carbons (Fsp3) is 0.600. The van der Waals surface area contributed by atoms with Crippen LogP contribution in [0.3, 0.4) is 0 Å². The summed E-state index contributed by atoms with van der Waals surface area (Å²) in [6, 6.07) is 0. The van der Waals surface area contributed by atoms with Crippen LogP contribution < -0.4 is 22.3 Å². The van der Waals surface area contributed by atoms with Crippen molar-refractivity contribution in [1.82, 2.24) is 14.5 Å². The Morgan fingerprint density at radius 2 is 1.92 bits per heavy atom. The normalized spacial score (nSPS) is 12.2. The van der Waals surface area contributed by atoms with Crippen LogP contribution in [0.4, 0.5) is 17.6 Å². The highest BCUT2D eigenvalue weighted by molar-refractivity contribution is 7.18. The van der Waals surface area contributed by atoms with Crippen LogP contribution in [0.5, 0.6) is 0 Å².